The van der Waals surface area contributed by atoms with Gasteiger partial charge in [0.1, 0.15) is 12.1 Å². The van der Waals surface area contributed by atoms with Crippen LogP contribution in [-0.2, 0) is 25.7 Å². The van der Waals surface area contributed by atoms with E-state index in [0.29, 0.717) is 26.0 Å². The number of aliphatic hydroxyl groups excluding tert-OH is 1. The van der Waals surface area contributed by atoms with Crippen LogP contribution in [0.25, 0.3) is 10.4 Å². The molecule has 1 aliphatic heterocycles. The summed E-state index contributed by atoms with van der Waals surface area (Å²) in [6.45, 7) is 9.34. The monoisotopic (exact) mass is 678 g/mol. The molecular weight excluding hydrogens is 632 g/mol. The third-order valence-corrected chi connectivity index (χ3v) is 9.11. The normalized spacial score (nSPS) is 17.6. The molecule has 1 saturated heterocycles. The third kappa shape index (κ3) is 11.0. The SMILES string of the molecule is Cc1ncsc1-c1ccc(CNC(=O)C2CC(O)CN2C(=O)[C@@H](NC(=O)CCCCOCCCCCBr)C(C)(C)C)cc1. The molecule has 2 aromatic rings. The van der Waals surface area contributed by atoms with Crippen molar-refractivity contribution in [1.29, 1.82) is 0 Å². The fourth-order valence-corrected chi connectivity index (χ4v) is 6.29. The van der Waals surface area contributed by atoms with Gasteiger partial charge in [-0.1, -0.05) is 67.4 Å². The Balaban J connectivity index is 1.52. The summed E-state index contributed by atoms with van der Waals surface area (Å²) in [6.07, 6.45) is 4.38. The summed E-state index contributed by atoms with van der Waals surface area (Å²) in [5.74, 6) is -0.879. The lowest BCUT2D eigenvalue weighted by atomic mass is 9.85. The van der Waals surface area contributed by atoms with Gasteiger partial charge in [0, 0.05) is 44.5 Å². The van der Waals surface area contributed by atoms with Crippen molar-refractivity contribution in [2.75, 3.05) is 25.1 Å². The second-order valence-corrected chi connectivity index (χ2v) is 13.9. The first kappa shape index (κ1) is 35.1. The number of carbonyl (C=O) groups is 3. The Kier molecular flexibility index (Phi) is 14.1. The fraction of sp³-hybridized carbons (Fsp3) is 0.625. The van der Waals surface area contributed by atoms with Crippen molar-refractivity contribution in [1.82, 2.24) is 20.5 Å². The van der Waals surface area contributed by atoms with Gasteiger partial charge in [-0.3, -0.25) is 14.4 Å². The number of ether oxygens (including phenoxy) is 1. The molecule has 1 aliphatic rings. The number of thiazole rings is 1. The lowest BCUT2D eigenvalue weighted by Gasteiger charge is -2.35. The Labute approximate surface area is 268 Å². The van der Waals surface area contributed by atoms with Crippen molar-refractivity contribution in [3.8, 4) is 10.4 Å². The van der Waals surface area contributed by atoms with Crippen LogP contribution in [0, 0.1) is 12.3 Å². The zero-order chi connectivity index (χ0) is 31.4. The molecule has 3 rings (SSSR count). The average molecular weight is 680 g/mol. The third-order valence-electron chi connectivity index (χ3n) is 7.58. The predicted molar refractivity (Wildman–Crippen MR) is 174 cm³/mol. The second-order valence-electron chi connectivity index (χ2n) is 12.3. The molecule has 3 amide bonds. The number of β-amino-alcohol motifs (C(OH)–C–C–N with tert-alkyl or cyclic N) is 1. The van der Waals surface area contributed by atoms with Crippen molar-refractivity contribution in [3.05, 3.63) is 41.0 Å². The Bertz CT molecular complexity index is 1180. The summed E-state index contributed by atoms with van der Waals surface area (Å²) in [5, 5.41) is 17.3. The van der Waals surface area contributed by atoms with Gasteiger partial charge in [-0.2, -0.15) is 0 Å². The molecule has 0 radical (unpaired) electrons. The number of aromatic nitrogens is 1. The predicted octanol–water partition coefficient (Wildman–Crippen LogP) is 4.98. The molecule has 1 aromatic carbocycles. The topological polar surface area (TPSA) is 121 Å². The van der Waals surface area contributed by atoms with Crippen molar-refractivity contribution in [2.45, 2.75) is 97.4 Å². The van der Waals surface area contributed by atoms with E-state index in [2.05, 4.69) is 31.5 Å². The molecule has 3 N–H and O–H groups in total. The van der Waals surface area contributed by atoms with Crippen molar-refractivity contribution >= 4 is 45.0 Å². The summed E-state index contributed by atoms with van der Waals surface area (Å²) >= 11 is 5.01. The summed E-state index contributed by atoms with van der Waals surface area (Å²) in [5.41, 5.74) is 4.22. The number of nitrogens with zero attached hydrogens (tertiary/aromatic N) is 2. The smallest absolute Gasteiger partial charge is 0.246 e. The first-order valence-electron chi connectivity index (χ1n) is 15.2. The van der Waals surface area contributed by atoms with E-state index in [1.165, 1.54) is 4.90 Å². The second kappa shape index (κ2) is 17.2. The minimum Gasteiger partial charge on any atom is -0.391 e. The van der Waals surface area contributed by atoms with Crippen molar-refractivity contribution in [3.63, 3.8) is 0 Å². The van der Waals surface area contributed by atoms with Crippen LogP contribution in [-0.4, -0.2) is 76.0 Å². The van der Waals surface area contributed by atoms with E-state index in [9.17, 15) is 19.5 Å². The maximum absolute atomic E-state index is 13.8. The number of benzene rings is 1. The van der Waals surface area contributed by atoms with Crippen LogP contribution in [0.5, 0.6) is 0 Å². The van der Waals surface area contributed by atoms with E-state index < -0.39 is 23.6 Å². The minimum absolute atomic E-state index is 0.0508. The van der Waals surface area contributed by atoms with E-state index in [1.54, 1.807) is 11.3 Å². The van der Waals surface area contributed by atoms with E-state index in [0.717, 1.165) is 59.3 Å². The lowest BCUT2D eigenvalue weighted by molar-refractivity contribution is -0.144. The van der Waals surface area contributed by atoms with E-state index in [1.807, 2.05) is 57.5 Å². The summed E-state index contributed by atoms with van der Waals surface area (Å²) in [4.78, 5) is 46.7. The summed E-state index contributed by atoms with van der Waals surface area (Å²) < 4.78 is 5.65. The van der Waals surface area contributed by atoms with Crippen LogP contribution >= 0.6 is 27.3 Å². The molecule has 238 valence electrons. The molecular formula is C32H47BrN4O5S. The number of alkyl halides is 1. The quantitative estimate of drug-likeness (QED) is 0.170. The van der Waals surface area contributed by atoms with Gasteiger partial charge in [0.25, 0.3) is 0 Å². The molecule has 0 bridgehead atoms. The number of carbonyl (C=O) groups excluding carboxylic acids is 3. The number of amides is 3. The maximum atomic E-state index is 13.8. The van der Waals surface area contributed by atoms with Crippen LogP contribution < -0.4 is 10.6 Å². The molecule has 2 unspecified atom stereocenters. The summed E-state index contributed by atoms with van der Waals surface area (Å²) in [6, 6.07) is 6.31. The number of rotatable bonds is 16. The number of aliphatic hydroxyl groups is 1. The van der Waals surface area contributed by atoms with Gasteiger partial charge in [0.15, 0.2) is 0 Å². The zero-order valence-corrected chi connectivity index (χ0v) is 28.3. The Morgan fingerprint density at radius 1 is 1.12 bits per heavy atom. The molecule has 0 spiro atoms. The standard InChI is InChI=1S/C32H47BrN4O5S/c1-22-28(43-21-35-22)24-13-11-23(12-14-24)19-34-30(40)26-18-25(38)20-37(26)31(41)29(32(2,3)4)36-27(39)10-6-9-17-42-16-8-5-7-15-33/h11-14,21,25-26,29,38H,5-10,15-20H2,1-4H3,(H,34,40)(H,36,39)/t25?,26?,29-/m1/s1. The highest BCUT2D eigenvalue weighted by molar-refractivity contribution is 9.09. The molecule has 0 aliphatic carbocycles. The van der Waals surface area contributed by atoms with E-state index >= 15 is 0 Å². The van der Waals surface area contributed by atoms with Gasteiger partial charge in [0.05, 0.1) is 22.2 Å². The van der Waals surface area contributed by atoms with Gasteiger partial charge >= 0.3 is 0 Å². The van der Waals surface area contributed by atoms with Crippen LogP contribution in [0.4, 0.5) is 0 Å². The number of nitrogens with one attached hydrogen (secondary N) is 2. The molecule has 9 nitrogen and oxygen atoms in total. The van der Waals surface area contributed by atoms with Crippen LogP contribution in [0.3, 0.4) is 0 Å². The largest absolute Gasteiger partial charge is 0.391 e. The number of unbranched alkanes of at least 4 members (excludes halogenated alkanes) is 3. The molecule has 3 atom stereocenters. The first-order valence-corrected chi connectivity index (χ1v) is 17.2. The molecule has 1 aromatic heterocycles. The van der Waals surface area contributed by atoms with Gasteiger partial charge < -0.3 is 25.4 Å². The average Bonchev–Trinajstić information content (AvgIpc) is 3.58. The number of hydrogen-bond donors (Lipinski definition) is 3. The summed E-state index contributed by atoms with van der Waals surface area (Å²) in [7, 11) is 0. The zero-order valence-electron chi connectivity index (χ0n) is 25.9. The van der Waals surface area contributed by atoms with E-state index in [4.69, 9.17) is 4.74 Å². The minimum atomic E-state index is -0.825. The van der Waals surface area contributed by atoms with Gasteiger partial charge in [-0.25, -0.2) is 4.98 Å². The van der Waals surface area contributed by atoms with Gasteiger partial charge in [-0.15, -0.1) is 11.3 Å². The number of likely N-dealkylation sites (tertiary alicyclic amines) is 1. The first-order chi connectivity index (χ1) is 20.5. The number of hydrogen-bond acceptors (Lipinski definition) is 7. The highest BCUT2D eigenvalue weighted by Gasteiger charge is 2.44. The van der Waals surface area contributed by atoms with E-state index in [-0.39, 0.29) is 30.7 Å². The van der Waals surface area contributed by atoms with Crippen molar-refractivity contribution < 1.29 is 24.2 Å². The maximum Gasteiger partial charge on any atom is 0.246 e. The Morgan fingerprint density at radius 2 is 1.81 bits per heavy atom. The highest BCUT2D eigenvalue weighted by atomic mass is 79.9. The number of halogens is 1. The van der Waals surface area contributed by atoms with Crippen molar-refractivity contribution in [2.24, 2.45) is 5.41 Å². The lowest BCUT2D eigenvalue weighted by Crippen LogP contribution is -2.57. The molecule has 0 saturated carbocycles. The Morgan fingerprint density at radius 3 is 2.44 bits per heavy atom. The van der Waals surface area contributed by atoms with Gasteiger partial charge in [-0.05, 0) is 49.1 Å². The molecule has 2 heterocycles. The molecule has 11 heteroatoms. The Hall–Kier alpha value is -2.34. The molecule has 1 fully saturated rings. The fourth-order valence-electron chi connectivity index (χ4n) is 5.08. The highest BCUT2D eigenvalue weighted by Crippen LogP contribution is 2.28. The van der Waals surface area contributed by atoms with Gasteiger partial charge in [0.2, 0.25) is 17.7 Å². The molecule has 43 heavy (non-hydrogen) atoms. The van der Waals surface area contributed by atoms with Crippen LogP contribution in [0.2, 0.25) is 0 Å². The van der Waals surface area contributed by atoms with Crippen LogP contribution in [0.15, 0.2) is 29.8 Å². The number of aryl methyl sites for hydroxylation is 1. The van der Waals surface area contributed by atoms with Crippen LogP contribution in [0.1, 0.15) is 77.0 Å².